The van der Waals surface area contributed by atoms with Crippen LogP contribution < -0.4 is 5.32 Å². The van der Waals surface area contributed by atoms with Gasteiger partial charge in [0, 0.05) is 18.8 Å². The number of nitrogens with one attached hydrogen (secondary N) is 1. The Morgan fingerprint density at radius 3 is 2.13 bits per heavy atom. The molecule has 0 fully saturated rings. The fourth-order valence-corrected chi connectivity index (χ4v) is 2.19. The Labute approximate surface area is 139 Å². The predicted molar refractivity (Wildman–Crippen MR) is 93.5 cm³/mol. The average molecular weight is 322 g/mol. The Hall–Kier alpha value is -1.59. The van der Waals surface area contributed by atoms with Crippen LogP contribution in [0.3, 0.4) is 0 Å². The van der Waals surface area contributed by atoms with Gasteiger partial charge < -0.3 is 10.2 Å². The van der Waals surface area contributed by atoms with Crippen LogP contribution in [0.1, 0.15) is 45.0 Å². The first-order valence-electron chi connectivity index (χ1n) is 7.87. The largest absolute Gasteiger partial charge is 0.384 e. The van der Waals surface area contributed by atoms with Gasteiger partial charge in [-0.05, 0) is 64.5 Å². The highest BCUT2D eigenvalue weighted by molar-refractivity contribution is 5.89. The molecule has 0 aromatic heterocycles. The summed E-state index contributed by atoms with van der Waals surface area (Å²) in [5.41, 5.74) is 1.08. The van der Waals surface area contributed by atoms with Crippen molar-refractivity contribution in [3.8, 4) is 0 Å². The van der Waals surface area contributed by atoms with Crippen LogP contribution in [0.15, 0.2) is 24.3 Å². The first-order valence-corrected chi connectivity index (χ1v) is 7.87. The van der Waals surface area contributed by atoms with Gasteiger partial charge in [-0.25, -0.2) is 4.79 Å². The highest BCUT2D eigenvalue weighted by Gasteiger charge is 2.19. The zero-order valence-electron chi connectivity index (χ0n) is 15.4. The summed E-state index contributed by atoms with van der Waals surface area (Å²) < 4.78 is 0. The molecule has 0 heterocycles. The Bertz CT molecular complexity index is 502. The van der Waals surface area contributed by atoms with E-state index < -0.39 is 11.6 Å². The van der Waals surface area contributed by atoms with E-state index in [1.807, 2.05) is 32.9 Å². The Kier molecular flexibility index (Phi) is 6.59. The Morgan fingerprint density at radius 1 is 1.09 bits per heavy atom. The molecule has 0 bridgehead atoms. The summed E-state index contributed by atoms with van der Waals surface area (Å²) in [6.07, 6.45) is 0. The van der Waals surface area contributed by atoms with Crippen molar-refractivity contribution in [3.63, 3.8) is 0 Å². The second kappa shape index (κ2) is 7.79. The molecule has 5 nitrogen and oxygen atoms in total. The highest BCUT2D eigenvalue weighted by atomic mass is 17.2. The molecule has 130 valence electrons. The smallest absolute Gasteiger partial charge is 0.373 e. The van der Waals surface area contributed by atoms with Crippen molar-refractivity contribution in [1.82, 2.24) is 4.90 Å². The number of rotatable bonds is 7. The van der Waals surface area contributed by atoms with Crippen LogP contribution in [0.5, 0.6) is 0 Å². The maximum Gasteiger partial charge on any atom is 0.373 e. The molecule has 0 saturated heterocycles. The monoisotopic (exact) mass is 322 g/mol. The van der Waals surface area contributed by atoms with Gasteiger partial charge in [-0.1, -0.05) is 13.8 Å². The van der Waals surface area contributed by atoms with Crippen molar-refractivity contribution in [2.45, 2.75) is 40.2 Å². The van der Waals surface area contributed by atoms with Crippen LogP contribution in [0.2, 0.25) is 0 Å². The van der Waals surface area contributed by atoms with Gasteiger partial charge in [-0.15, -0.1) is 0 Å². The predicted octanol–water partition coefficient (Wildman–Crippen LogP) is 3.57. The van der Waals surface area contributed by atoms with Crippen molar-refractivity contribution in [3.05, 3.63) is 29.8 Å². The van der Waals surface area contributed by atoms with E-state index in [0.717, 1.165) is 18.8 Å². The van der Waals surface area contributed by atoms with Crippen molar-refractivity contribution in [2.24, 2.45) is 5.41 Å². The van der Waals surface area contributed by atoms with Gasteiger partial charge in [0.25, 0.3) is 0 Å². The lowest BCUT2D eigenvalue weighted by Gasteiger charge is -2.28. The fourth-order valence-electron chi connectivity index (χ4n) is 2.19. The summed E-state index contributed by atoms with van der Waals surface area (Å²) in [6, 6.07) is 7.21. The van der Waals surface area contributed by atoms with Gasteiger partial charge in [0.2, 0.25) is 0 Å². The molecule has 23 heavy (non-hydrogen) atoms. The van der Waals surface area contributed by atoms with E-state index in [4.69, 9.17) is 9.78 Å². The molecule has 0 aliphatic heterocycles. The molecule has 0 amide bonds. The van der Waals surface area contributed by atoms with Gasteiger partial charge >= 0.3 is 5.97 Å². The van der Waals surface area contributed by atoms with E-state index in [2.05, 4.69) is 38.2 Å². The minimum atomic E-state index is -0.519. The molecule has 0 saturated carbocycles. The van der Waals surface area contributed by atoms with Gasteiger partial charge in [0.15, 0.2) is 0 Å². The molecule has 5 heteroatoms. The lowest BCUT2D eigenvalue weighted by atomic mass is 9.93. The number of hydrogen-bond acceptors (Lipinski definition) is 5. The van der Waals surface area contributed by atoms with E-state index in [-0.39, 0.29) is 5.41 Å². The summed E-state index contributed by atoms with van der Waals surface area (Å²) in [5, 5.41) is 3.40. The Balaban J connectivity index is 2.55. The number of nitrogens with zero attached hydrogens (tertiary/aromatic N) is 1. The molecule has 0 atom stereocenters. The topological polar surface area (TPSA) is 50.8 Å². The first kappa shape index (κ1) is 19.5. The third-order valence-electron chi connectivity index (χ3n) is 3.00. The fraction of sp³-hybridized carbons (Fsp3) is 0.611. The SMILES string of the molecule is CN(C)CC(C)(C)CNc1ccc(C(=O)OOC(C)(C)C)cc1. The molecular weight excluding hydrogens is 292 g/mol. The van der Waals surface area contributed by atoms with Crippen LogP contribution in [0.4, 0.5) is 5.69 Å². The second-order valence-electron chi connectivity index (χ2n) is 7.90. The van der Waals surface area contributed by atoms with E-state index in [1.165, 1.54) is 0 Å². The summed E-state index contributed by atoms with van der Waals surface area (Å²) in [6.45, 7) is 11.7. The van der Waals surface area contributed by atoms with Crippen molar-refractivity contribution >= 4 is 11.7 Å². The lowest BCUT2D eigenvalue weighted by Crippen LogP contribution is -2.34. The number of carbonyl (C=O) groups excluding carboxylic acids is 1. The zero-order chi connectivity index (χ0) is 17.7. The number of anilines is 1. The van der Waals surface area contributed by atoms with Crippen molar-refractivity contribution in [2.75, 3.05) is 32.5 Å². The third-order valence-corrected chi connectivity index (χ3v) is 3.00. The zero-order valence-corrected chi connectivity index (χ0v) is 15.4. The summed E-state index contributed by atoms with van der Waals surface area (Å²) >= 11 is 0. The van der Waals surface area contributed by atoms with E-state index in [1.54, 1.807) is 12.1 Å². The van der Waals surface area contributed by atoms with E-state index >= 15 is 0 Å². The van der Waals surface area contributed by atoms with E-state index in [0.29, 0.717) is 5.56 Å². The standard InChI is InChI=1S/C18H30N2O3/c1-17(2,3)23-22-16(21)14-8-10-15(11-9-14)19-12-18(4,5)13-20(6)7/h8-11,19H,12-13H2,1-7H3. The van der Waals surface area contributed by atoms with Crippen LogP contribution in [-0.2, 0) is 9.78 Å². The van der Waals surface area contributed by atoms with Crippen LogP contribution in [0.25, 0.3) is 0 Å². The molecule has 0 unspecified atom stereocenters. The molecule has 0 spiro atoms. The molecule has 0 radical (unpaired) electrons. The third kappa shape index (κ3) is 8.00. The number of benzene rings is 1. The average Bonchev–Trinajstić information content (AvgIpc) is 2.41. The normalized spacial score (nSPS) is 12.3. The molecule has 1 N–H and O–H groups in total. The summed E-state index contributed by atoms with van der Waals surface area (Å²) in [7, 11) is 4.14. The van der Waals surface area contributed by atoms with Crippen LogP contribution >= 0.6 is 0 Å². The number of carbonyl (C=O) groups is 1. The van der Waals surface area contributed by atoms with E-state index in [9.17, 15) is 4.79 Å². The second-order valence-corrected chi connectivity index (χ2v) is 7.90. The molecule has 0 aliphatic carbocycles. The lowest BCUT2D eigenvalue weighted by molar-refractivity contribution is -0.301. The minimum absolute atomic E-state index is 0.154. The van der Waals surface area contributed by atoms with Gasteiger partial charge in [-0.2, -0.15) is 4.89 Å². The van der Waals surface area contributed by atoms with Gasteiger partial charge in [0.05, 0.1) is 5.56 Å². The maximum absolute atomic E-state index is 11.9. The molecular formula is C18H30N2O3. The molecule has 1 rings (SSSR count). The highest BCUT2D eigenvalue weighted by Crippen LogP contribution is 2.18. The molecule has 1 aromatic carbocycles. The van der Waals surface area contributed by atoms with Crippen molar-refractivity contribution < 1.29 is 14.6 Å². The first-order chi connectivity index (χ1) is 10.5. The van der Waals surface area contributed by atoms with Gasteiger partial charge in [-0.3, -0.25) is 4.89 Å². The quantitative estimate of drug-likeness (QED) is 0.614. The Morgan fingerprint density at radius 2 is 1.65 bits per heavy atom. The summed E-state index contributed by atoms with van der Waals surface area (Å²) in [5.74, 6) is -0.487. The molecule has 0 aliphatic rings. The molecule has 1 aromatic rings. The van der Waals surface area contributed by atoms with Crippen LogP contribution in [-0.4, -0.2) is 43.7 Å². The maximum atomic E-state index is 11.9. The van der Waals surface area contributed by atoms with Crippen molar-refractivity contribution in [1.29, 1.82) is 0 Å². The van der Waals surface area contributed by atoms with Gasteiger partial charge in [0.1, 0.15) is 5.60 Å². The number of hydrogen-bond donors (Lipinski definition) is 1. The minimum Gasteiger partial charge on any atom is -0.384 e. The summed E-state index contributed by atoms with van der Waals surface area (Å²) in [4.78, 5) is 23.9. The van der Waals surface area contributed by atoms with Crippen LogP contribution in [0, 0.1) is 5.41 Å².